The summed E-state index contributed by atoms with van der Waals surface area (Å²) in [5.41, 5.74) is -0.0413. The summed E-state index contributed by atoms with van der Waals surface area (Å²) < 4.78 is 14.7. The first-order valence-electron chi connectivity index (χ1n) is 5.36. The van der Waals surface area contributed by atoms with Crippen LogP contribution in [0.15, 0.2) is 35.0 Å². The van der Waals surface area contributed by atoms with Crippen LogP contribution in [0.4, 0.5) is 0 Å². The Hall–Kier alpha value is -2.37. The standard InChI is InChI=1S/C13H14O6/c1-7(14)5-6-8-9(15)12(18-3)13(19-4)10(16)11(8)17-2/h5-6H,1-4H3. The van der Waals surface area contributed by atoms with Crippen LogP contribution in [-0.2, 0) is 28.6 Å². The monoisotopic (exact) mass is 266 g/mol. The summed E-state index contributed by atoms with van der Waals surface area (Å²) in [5.74, 6) is -2.05. The van der Waals surface area contributed by atoms with E-state index in [4.69, 9.17) is 14.2 Å². The predicted molar refractivity (Wildman–Crippen MR) is 64.9 cm³/mol. The van der Waals surface area contributed by atoms with Crippen molar-refractivity contribution in [2.45, 2.75) is 6.92 Å². The normalized spacial score (nSPS) is 16.2. The molecule has 0 aromatic rings. The third-order valence-electron chi connectivity index (χ3n) is 2.41. The number of hydrogen-bond acceptors (Lipinski definition) is 6. The second-order valence-corrected chi connectivity index (χ2v) is 3.62. The lowest BCUT2D eigenvalue weighted by atomic mass is 9.97. The number of carbonyl (C=O) groups is 3. The Morgan fingerprint density at radius 2 is 1.37 bits per heavy atom. The summed E-state index contributed by atoms with van der Waals surface area (Å²) in [4.78, 5) is 35.1. The van der Waals surface area contributed by atoms with Crippen molar-refractivity contribution in [2.75, 3.05) is 21.3 Å². The highest BCUT2D eigenvalue weighted by molar-refractivity contribution is 6.24. The highest BCUT2D eigenvalue weighted by Crippen LogP contribution is 2.26. The van der Waals surface area contributed by atoms with Crippen molar-refractivity contribution in [1.29, 1.82) is 0 Å². The number of hydrogen-bond donors (Lipinski definition) is 0. The minimum Gasteiger partial charge on any atom is -0.492 e. The molecule has 0 aliphatic heterocycles. The van der Waals surface area contributed by atoms with E-state index in [9.17, 15) is 14.4 Å². The van der Waals surface area contributed by atoms with Crippen LogP contribution in [0.3, 0.4) is 0 Å². The summed E-state index contributed by atoms with van der Waals surface area (Å²) in [6.07, 6.45) is 2.40. The molecule has 1 aliphatic rings. The maximum Gasteiger partial charge on any atom is 0.266 e. The van der Waals surface area contributed by atoms with Crippen molar-refractivity contribution in [2.24, 2.45) is 0 Å². The fraction of sp³-hybridized carbons (Fsp3) is 0.308. The first-order valence-corrected chi connectivity index (χ1v) is 5.36. The van der Waals surface area contributed by atoms with Gasteiger partial charge in [-0.3, -0.25) is 14.4 Å². The summed E-state index contributed by atoms with van der Waals surface area (Å²) in [6.45, 7) is 1.33. The summed E-state index contributed by atoms with van der Waals surface area (Å²) in [6, 6.07) is 0. The van der Waals surface area contributed by atoms with Gasteiger partial charge in [-0.1, -0.05) is 0 Å². The van der Waals surface area contributed by atoms with Crippen molar-refractivity contribution < 1.29 is 28.6 Å². The van der Waals surface area contributed by atoms with Gasteiger partial charge in [0.2, 0.25) is 17.3 Å². The van der Waals surface area contributed by atoms with E-state index in [1.807, 2.05) is 0 Å². The third kappa shape index (κ3) is 2.73. The van der Waals surface area contributed by atoms with Gasteiger partial charge in [0, 0.05) is 0 Å². The minimum atomic E-state index is -0.607. The SMILES string of the molecule is COC1=C(C=CC(C)=O)C(=O)C(OC)=C(OC)C1=O. The number of methoxy groups -OCH3 is 3. The van der Waals surface area contributed by atoms with E-state index in [0.29, 0.717) is 0 Å². The molecule has 0 atom stereocenters. The second-order valence-electron chi connectivity index (χ2n) is 3.62. The van der Waals surface area contributed by atoms with Crippen molar-refractivity contribution in [3.63, 3.8) is 0 Å². The molecule has 0 heterocycles. The van der Waals surface area contributed by atoms with Crippen molar-refractivity contribution >= 4 is 17.3 Å². The molecule has 0 unspecified atom stereocenters. The number of ether oxygens (including phenoxy) is 3. The van der Waals surface area contributed by atoms with Crippen molar-refractivity contribution in [3.8, 4) is 0 Å². The molecule has 0 saturated carbocycles. The first-order chi connectivity index (χ1) is 8.97. The van der Waals surface area contributed by atoms with Crippen LogP contribution < -0.4 is 0 Å². The smallest absolute Gasteiger partial charge is 0.266 e. The molecule has 0 bridgehead atoms. The molecular formula is C13H14O6. The van der Waals surface area contributed by atoms with Gasteiger partial charge in [0.25, 0.3) is 5.78 Å². The molecule has 0 radical (unpaired) electrons. The van der Waals surface area contributed by atoms with Gasteiger partial charge in [-0.2, -0.15) is 0 Å². The summed E-state index contributed by atoms with van der Waals surface area (Å²) in [5, 5.41) is 0. The van der Waals surface area contributed by atoms with Gasteiger partial charge in [-0.05, 0) is 19.1 Å². The molecule has 0 saturated heterocycles. The molecule has 6 nitrogen and oxygen atoms in total. The Morgan fingerprint density at radius 1 is 0.895 bits per heavy atom. The van der Waals surface area contributed by atoms with Gasteiger partial charge in [0.1, 0.15) is 0 Å². The predicted octanol–water partition coefficient (Wildman–Crippen LogP) is 0.688. The Labute approximate surface area is 110 Å². The quantitative estimate of drug-likeness (QED) is 0.538. The number of rotatable bonds is 5. The van der Waals surface area contributed by atoms with Crippen LogP contribution in [0.25, 0.3) is 0 Å². The molecule has 6 heteroatoms. The highest BCUT2D eigenvalue weighted by atomic mass is 16.5. The Bertz CT molecular complexity index is 521. The van der Waals surface area contributed by atoms with Crippen LogP contribution >= 0.6 is 0 Å². The van der Waals surface area contributed by atoms with Gasteiger partial charge in [0.15, 0.2) is 11.5 Å². The largest absolute Gasteiger partial charge is 0.492 e. The molecule has 0 aromatic carbocycles. The maximum atomic E-state index is 12.1. The molecule has 1 rings (SSSR count). The number of Topliss-reactive ketones (excluding diaryl/α,β-unsaturated/α-hetero) is 2. The highest BCUT2D eigenvalue weighted by Gasteiger charge is 2.36. The van der Waals surface area contributed by atoms with Crippen LogP contribution in [0, 0.1) is 0 Å². The molecule has 0 spiro atoms. The van der Waals surface area contributed by atoms with E-state index in [1.54, 1.807) is 0 Å². The first kappa shape index (κ1) is 14.7. The van der Waals surface area contributed by atoms with E-state index < -0.39 is 11.6 Å². The molecule has 0 fully saturated rings. The van der Waals surface area contributed by atoms with E-state index >= 15 is 0 Å². The molecule has 0 aromatic heterocycles. The third-order valence-corrected chi connectivity index (χ3v) is 2.41. The molecule has 0 N–H and O–H groups in total. The van der Waals surface area contributed by atoms with Gasteiger partial charge in [0.05, 0.1) is 26.9 Å². The number of carbonyl (C=O) groups excluding carboxylic acids is 3. The summed E-state index contributed by atoms with van der Waals surface area (Å²) in [7, 11) is 3.76. The van der Waals surface area contributed by atoms with Gasteiger partial charge in [-0.15, -0.1) is 0 Å². The Morgan fingerprint density at radius 3 is 1.79 bits per heavy atom. The fourth-order valence-electron chi connectivity index (χ4n) is 1.58. The lowest BCUT2D eigenvalue weighted by molar-refractivity contribution is -0.123. The van der Waals surface area contributed by atoms with Crippen LogP contribution in [0.2, 0.25) is 0 Å². The van der Waals surface area contributed by atoms with E-state index in [-0.39, 0.29) is 28.6 Å². The molecule has 102 valence electrons. The van der Waals surface area contributed by atoms with E-state index in [2.05, 4.69) is 0 Å². The fourth-order valence-corrected chi connectivity index (χ4v) is 1.58. The van der Waals surface area contributed by atoms with E-state index in [0.717, 1.165) is 0 Å². The lowest BCUT2D eigenvalue weighted by Gasteiger charge is -2.19. The van der Waals surface area contributed by atoms with Crippen molar-refractivity contribution in [3.05, 3.63) is 35.0 Å². The average Bonchev–Trinajstić information content (AvgIpc) is 2.38. The van der Waals surface area contributed by atoms with Gasteiger partial charge >= 0.3 is 0 Å². The van der Waals surface area contributed by atoms with Gasteiger partial charge in [-0.25, -0.2) is 0 Å². The number of ketones is 3. The Balaban J connectivity index is 3.39. The molecule has 0 amide bonds. The molecule has 19 heavy (non-hydrogen) atoms. The molecular weight excluding hydrogens is 252 g/mol. The maximum absolute atomic E-state index is 12.1. The van der Waals surface area contributed by atoms with E-state index in [1.165, 1.54) is 40.4 Å². The Kier molecular flexibility index (Phi) is 4.63. The van der Waals surface area contributed by atoms with Crippen LogP contribution in [-0.4, -0.2) is 38.7 Å². The van der Waals surface area contributed by atoms with Gasteiger partial charge < -0.3 is 14.2 Å². The zero-order chi connectivity index (χ0) is 14.6. The average molecular weight is 266 g/mol. The zero-order valence-corrected chi connectivity index (χ0v) is 11.1. The van der Waals surface area contributed by atoms with Crippen LogP contribution in [0.5, 0.6) is 0 Å². The summed E-state index contributed by atoms with van der Waals surface area (Å²) >= 11 is 0. The van der Waals surface area contributed by atoms with Crippen molar-refractivity contribution in [1.82, 2.24) is 0 Å². The lowest BCUT2D eigenvalue weighted by Crippen LogP contribution is -2.26. The molecule has 1 aliphatic carbocycles. The second kappa shape index (κ2) is 5.99. The minimum absolute atomic E-state index is 0.0413. The zero-order valence-electron chi connectivity index (χ0n) is 11.1. The number of allylic oxidation sites excluding steroid dienone is 3. The topological polar surface area (TPSA) is 78.9 Å². The van der Waals surface area contributed by atoms with Crippen LogP contribution in [0.1, 0.15) is 6.92 Å².